The Kier molecular flexibility index (Phi) is 5.46. The largest absolute Gasteiger partial charge is 0.480 e. The molecule has 0 aliphatic heterocycles. The van der Waals surface area contributed by atoms with Crippen molar-refractivity contribution in [3.05, 3.63) is 12.2 Å². The van der Waals surface area contributed by atoms with Crippen molar-refractivity contribution in [2.45, 2.75) is 45.6 Å². The molecule has 0 aromatic rings. The van der Waals surface area contributed by atoms with E-state index in [0.29, 0.717) is 13.0 Å². The maximum absolute atomic E-state index is 11.0. The molecular formula is C11H21NO2. The molecule has 2 N–H and O–H groups in total. The van der Waals surface area contributed by atoms with E-state index >= 15 is 0 Å². The third-order valence-electron chi connectivity index (χ3n) is 2.45. The average Bonchev–Trinajstić information content (AvgIpc) is 2.14. The number of carboxylic acid groups (broad SMARTS) is 1. The molecule has 0 bridgehead atoms. The second-order valence-corrected chi connectivity index (χ2v) is 3.84. The predicted octanol–water partition coefficient (Wildman–Crippen LogP) is 2.19. The molecule has 0 saturated carbocycles. The summed E-state index contributed by atoms with van der Waals surface area (Å²) >= 11 is 0. The van der Waals surface area contributed by atoms with Gasteiger partial charge in [-0.3, -0.25) is 10.1 Å². The fourth-order valence-electron chi connectivity index (χ4n) is 1.22. The summed E-state index contributed by atoms with van der Waals surface area (Å²) in [5.74, 6) is -0.789. The maximum Gasteiger partial charge on any atom is 0.323 e. The van der Waals surface area contributed by atoms with E-state index in [4.69, 9.17) is 5.11 Å². The lowest BCUT2D eigenvalue weighted by Gasteiger charge is -2.26. The van der Waals surface area contributed by atoms with Crippen molar-refractivity contribution in [3.8, 4) is 0 Å². The minimum Gasteiger partial charge on any atom is -0.480 e. The fraction of sp³-hybridized carbons (Fsp3) is 0.727. The summed E-state index contributed by atoms with van der Waals surface area (Å²) in [7, 11) is 0. The van der Waals surface area contributed by atoms with E-state index in [1.54, 1.807) is 6.92 Å². The summed E-state index contributed by atoms with van der Waals surface area (Å²) in [4.78, 5) is 11.0. The third-order valence-corrected chi connectivity index (χ3v) is 2.45. The van der Waals surface area contributed by atoms with Crippen molar-refractivity contribution in [1.82, 2.24) is 5.32 Å². The van der Waals surface area contributed by atoms with Crippen LogP contribution in [0.4, 0.5) is 0 Å². The van der Waals surface area contributed by atoms with E-state index in [9.17, 15) is 4.79 Å². The lowest BCUT2D eigenvalue weighted by molar-refractivity contribution is -0.144. The van der Waals surface area contributed by atoms with Crippen LogP contribution in [0, 0.1) is 0 Å². The molecular weight excluding hydrogens is 178 g/mol. The van der Waals surface area contributed by atoms with Gasteiger partial charge in [-0.05, 0) is 19.8 Å². The van der Waals surface area contributed by atoms with Crippen LogP contribution in [-0.4, -0.2) is 23.2 Å². The zero-order valence-corrected chi connectivity index (χ0v) is 9.39. The summed E-state index contributed by atoms with van der Waals surface area (Å²) in [5.41, 5.74) is 0.223. The second kappa shape index (κ2) is 5.81. The van der Waals surface area contributed by atoms with Gasteiger partial charge >= 0.3 is 5.97 Å². The summed E-state index contributed by atoms with van der Waals surface area (Å²) in [6, 6.07) is 0. The Hall–Kier alpha value is -0.830. The Morgan fingerprint density at radius 1 is 1.50 bits per heavy atom. The Morgan fingerprint density at radius 3 is 2.43 bits per heavy atom. The molecule has 0 heterocycles. The number of nitrogens with one attached hydrogen (secondary N) is 1. The predicted molar refractivity (Wildman–Crippen MR) is 58.4 cm³/mol. The molecule has 14 heavy (non-hydrogen) atoms. The zero-order chi connectivity index (χ0) is 11.2. The average molecular weight is 199 g/mol. The molecule has 0 aliphatic rings. The first-order valence-corrected chi connectivity index (χ1v) is 5.11. The molecule has 0 rings (SSSR count). The first-order chi connectivity index (χ1) is 6.46. The van der Waals surface area contributed by atoms with Gasteiger partial charge in [0.2, 0.25) is 0 Å². The Bertz CT molecular complexity index is 213. The van der Waals surface area contributed by atoms with Gasteiger partial charge in [0.05, 0.1) is 0 Å². The second-order valence-electron chi connectivity index (χ2n) is 3.84. The molecule has 0 aromatic carbocycles. The Labute approximate surface area is 86.2 Å². The van der Waals surface area contributed by atoms with Crippen molar-refractivity contribution < 1.29 is 9.90 Å². The van der Waals surface area contributed by atoms with Gasteiger partial charge in [-0.2, -0.15) is 0 Å². The maximum atomic E-state index is 11.0. The van der Waals surface area contributed by atoms with Gasteiger partial charge in [-0.15, -0.1) is 0 Å². The highest BCUT2D eigenvalue weighted by Gasteiger charge is 2.31. The minimum absolute atomic E-state index is 0.583. The highest BCUT2D eigenvalue weighted by molar-refractivity contribution is 5.78. The lowest BCUT2D eigenvalue weighted by Crippen LogP contribution is -2.49. The van der Waals surface area contributed by atoms with Crippen molar-refractivity contribution in [2.24, 2.45) is 0 Å². The number of hydrogen-bond donors (Lipinski definition) is 2. The monoisotopic (exact) mass is 199 g/mol. The zero-order valence-electron chi connectivity index (χ0n) is 9.39. The normalized spacial score (nSPS) is 14.8. The molecule has 3 nitrogen and oxygen atoms in total. The molecule has 0 fully saturated rings. The molecule has 1 unspecified atom stereocenters. The highest BCUT2D eigenvalue weighted by Crippen LogP contribution is 2.13. The van der Waals surface area contributed by atoms with Crippen LogP contribution in [0.1, 0.15) is 40.0 Å². The van der Waals surface area contributed by atoms with E-state index in [0.717, 1.165) is 18.4 Å². The summed E-state index contributed by atoms with van der Waals surface area (Å²) in [6.45, 7) is 10.1. The van der Waals surface area contributed by atoms with Gasteiger partial charge in [0.25, 0.3) is 0 Å². The van der Waals surface area contributed by atoms with Crippen molar-refractivity contribution in [3.63, 3.8) is 0 Å². The van der Waals surface area contributed by atoms with Crippen molar-refractivity contribution >= 4 is 5.97 Å². The van der Waals surface area contributed by atoms with Gasteiger partial charge in [-0.1, -0.05) is 32.4 Å². The van der Waals surface area contributed by atoms with Crippen LogP contribution in [0.3, 0.4) is 0 Å². The number of rotatable bonds is 7. The molecule has 0 spiro atoms. The van der Waals surface area contributed by atoms with Gasteiger partial charge in [0, 0.05) is 6.54 Å². The Balaban J connectivity index is 4.23. The Morgan fingerprint density at radius 2 is 2.07 bits per heavy atom. The quantitative estimate of drug-likeness (QED) is 0.618. The van der Waals surface area contributed by atoms with Crippen LogP contribution in [0.15, 0.2) is 12.2 Å². The van der Waals surface area contributed by atoms with Gasteiger partial charge in [-0.25, -0.2) is 0 Å². The van der Waals surface area contributed by atoms with Crippen molar-refractivity contribution in [1.29, 1.82) is 0 Å². The lowest BCUT2D eigenvalue weighted by atomic mass is 9.96. The number of carboxylic acids is 1. The first-order valence-electron chi connectivity index (χ1n) is 5.11. The number of hydrogen-bond acceptors (Lipinski definition) is 2. The number of carbonyl (C=O) groups is 1. The van der Waals surface area contributed by atoms with Crippen LogP contribution < -0.4 is 5.32 Å². The fourth-order valence-corrected chi connectivity index (χ4v) is 1.22. The molecule has 0 aliphatic carbocycles. The molecule has 1 atom stereocenters. The summed E-state index contributed by atoms with van der Waals surface area (Å²) in [6.07, 6.45) is 2.38. The van der Waals surface area contributed by atoms with E-state index < -0.39 is 11.5 Å². The molecule has 0 radical (unpaired) electrons. The van der Waals surface area contributed by atoms with Crippen LogP contribution >= 0.6 is 0 Å². The summed E-state index contributed by atoms with van der Waals surface area (Å²) in [5, 5.41) is 12.1. The first kappa shape index (κ1) is 13.2. The van der Waals surface area contributed by atoms with E-state index in [2.05, 4.69) is 11.9 Å². The summed E-state index contributed by atoms with van der Waals surface area (Å²) < 4.78 is 0. The molecule has 0 aromatic heterocycles. The minimum atomic E-state index is -0.813. The SMILES string of the molecule is C=C(CC)CNC(C)(CCC)C(=O)O. The van der Waals surface area contributed by atoms with Gasteiger partial charge < -0.3 is 5.11 Å². The highest BCUT2D eigenvalue weighted by atomic mass is 16.4. The van der Waals surface area contributed by atoms with Gasteiger partial charge in [0.1, 0.15) is 5.54 Å². The van der Waals surface area contributed by atoms with E-state index in [-0.39, 0.29) is 0 Å². The molecule has 0 saturated heterocycles. The number of aliphatic carboxylic acids is 1. The third kappa shape index (κ3) is 3.92. The van der Waals surface area contributed by atoms with Crippen molar-refractivity contribution in [2.75, 3.05) is 6.54 Å². The standard InChI is InChI=1S/C11H21NO2/c1-5-7-11(4,10(13)14)12-8-9(3)6-2/h12H,3,5-8H2,1-2,4H3,(H,13,14). The molecule has 3 heteroatoms. The van der Waals surface area contributed by atoms with E-state index in [1.165, 1.54) is 0 Å². The molecule has 0 amide bonds. The van der Waals surface area contributed by atoms with Crippen LogP contribution in [0.5, 0.6) is 0 Å². The smallest absolute Gasteiger partial charge is 0.323 e. The van der Waals surface area contributed by atoms with Gasteiger partial charge in [0.15, 0.2) is 0 Å². The van der Waals surface area contributed by atoms with Crippen LogP contribution in [0.25, 0.3) is 0 Å². The van der Waals surface area contributed by atoms with Crippen LogP contribution in [0.2, 0.25) is 0 Å². The molecule has 82 valence electrons. The topological polar surface area (TPSA) is 49.3 Å². The van der Waals surface area contributed by atoms with Crippen LogP contribution in [-0.2, 0) is 4.79 Å². The van der Waals surface area contributed by atoms with E-state index in [1.807, 2.05) is 13.8 Å².